The smallest absolute Gasteiger partial charge is 0.258 e. The zero-order valence-corrected chi connectivity index (χ0v) is 14.5. The minimum atomic E-state index is -0.279. The topological polar surface area (TPSA) is 54.0 Å². The van der Waals surface area contributed by atoms with Crippen molar-refractivity contribution in [2.45, 2.75) is 13.5 Å². The van der Waals surface area contributed by atoms with Crippen molar-refractivity contribution in [3.63, 3.8) is 0 Å². The molecule has 5 heteroatoms. The number of aryl methyl sites for hydroxylation is 1. The molecule has 4 nitrogen and oxygen atoms in total. The van der Waals surface area contributed by atoms with E-state index in [1.165, 1.54) is 11.1 Å². The van der Waals surface area contributed by atoms with Gasteiger partial charge in [-0.1, -0.05) is 53.6 Å². The molecule has 3 rings (SSSR count). The van der Waals surface area contributed by atoms with Crippen LogP contribution in [0.3, 0.4) is 0 Å². The van der Waals surface area contributed by atoms with Gasteiger partial charge in [-0.15, -0.1) is 0 Å². The molecule has 2 N–H and O–H groups in total. The highest BCUT2D eigenvalue weighted by atomic mass is 35.5. The van der Waals surface area contributed by atoms with E-state index >= 15 is 0 Å². The van der Waals surface area contributed by atoms with Crippen LogP contribution in [-0.2, 0) is 6.54 Å². The van der Waals surface area contributed by atoms with Gasteiger partial charge < -0.3 is 10.6 Å². The van der Waals surface area contributed by atoms with Gasteiger partial charge in [-0.3, -0.25) is 4.79 Å². The third-order valence-corrected chi connectivity index (χ3v) is 4.07. The van der Waals surface area contributed by atoms with Crippen LogP contribution < -0.4 is 10.6 Å². The maximum absolute atomic E-state index is 12.2. The first-order chi connectivity index (χ1) is 12.1. The Morgan fingerprint density at radius 1 is 1.04 bits per heavy atom. The Balaban J connectivity index is 1.59. The Kier molecular flexibility index (Phi) is 5.31. The summed E-state index contributed by atoms with van der Waals surface area (Å²) in [4.78, 5) is 16.5. The lowest BCUT2D eigenvalue weighted by molar-refractivity contribution is 0.102. The largest absolute Gasteiger partial charge is 0.380 e. The molecule has 0 spiro atoms. The van der Waals surface area contributed by atoms with E-state index in [4.69, 9.17) is 11.6 Å². The molecule has 0 aliphatic rings. The van der Waals surface area contributed by atoms with Crippen molar-refractivity contribution >= 4 is 29.0 Å². The summed E-state index contributed by atoms with van der Waals surface area (Å²) in [5, 5.41) is 6.46. The average Bonchev–Trinajstić information content (AvgIpc) is 2.63. The Labute approximate surface area is 151 Å². The summed E-state index contributed by atoms with van der Waals surface area (Å²) >= 11 is 6.03. The molecule has 0 atom stereocenters. The SMILES string of the molecule is Cc1ccc(CNc2ccc(NC(=O)c3ccccc3Cl)nc2)cc1. The number of rotatable bonds is 5. The molecule has 0 radical (unpaired) electrons. The number of pyridine rings is 1. The third kappa shape index (κ3) is 4.58. The number of aromatic nitrogens is 1. The highest BCUT2D eigenvalue weighted by Gasteiger charge is 2.10. The molecule has 0 unspecified atom stereocenters. The maximum Gasteiger partial charge on any atom is 0.258 e. The van der Waals surface area contributed by atoms with Gasteiger partial charge in [0.25, 0.3) is 5.91 Å². The summed E-state index contributed by atoms with van der Waals surface area (Å²) in [5.41, 5.74) is 3.74. The lowest BCUT2D eigenvalue weighted by Gasteiger charge is -2.09. The van der Waals surface area contributed by atoms with Crippen LogP contribution in [0.25, 0.3) is 0 Å². The first-order valence-electron chi connectivity index (χ1n) is 7.93. The molecule has 1 heterocycles. The van der Waals surface area contributed by atoms with Crippen molar-refractivity contribution in [3.05, 3.63) is 88.6 Å². The van der Waals surface area contributed by atoms with Gasteiger partial charge >= 0.3 is 0 Å². The van der Waals surface area contributed by atoms with Gasteiger partial charge in [0.15, 0.2) is 0 Å². The van der Waals surface area contributed by atoms with Crippen molar-refractivity contribution in [1.29, 1.82) is 0 Å². The lowest BCUT2D eigenvalue weighted by atomic mass is 10.1. The fourth-order valence-corrected chi connectivity index (χ4v) is 2.53. The van der Waals surface area contributed by atoms with Crippen molar-refractivity contribution in [2.75, 3.05) is 10.6 Å². The number of anilines is 2. The molecule has 0 saturated heterocycles. The summed E-state index contributed by atoms with van der Waals surface area (Å²) in [7, 11) is 0. The summed E-state index contributed by atoms with van der Waals surface area (Å²) in [6.45, 7) is 2.78. The molecule has 126 valence electrons. The first kappa shape index (κ1) is 17.0. The van der Waals surface area contributed by atoms with E-state index in [0.717, 1.165) is 5.69 Å². The van der Waals surface area contributed by atoms with Crippen molar-refractivity contribution in [1.82, 2.24) is 4.98 Å². The van der Waals surface area contributed by atoms with E-state index in [9.17, 15) is 4.79 Å². The van der Waals surface area contributed by atoms with E-state index in [2.05, 4.69) is 46.8 Å². The molecular formula is C20H18ClN3O. The molecule has 0 saturated carbocycles. The molecule has 0 fully saturated rings. The van der Waals surface area contributed by atoms with Crippen LogP contribution >= 0.6 is 11.6 Å². The van der Waals surface area contributed by atoms with E-state index < -0.39 is 0 Å². The Bertz CT molecular complexity index is 861. The second-order valence-corrected chi connectivity index (χ2v) is 6.11. The van der Waals surface area contributed by atoms with Gasteiger partial charge in [-0.25, -0.2) is 4.98 Å². The van der Waals surface area contributed by atoms with Crippen LogP contribution in [0.2, 0.25) is 5.02 Å². The number of carbonyl (C=O) groups is 1. The summed E-state index contributed by atoms with van der Waals surface area (Å²) in [5.74, 6) is 0.198. The zero-order chi connectivity index (χ0) is 17.6. The Hall–Kier alpha value is -2.85. The quantitative estimate of drug-likeness (QED) is 0.686. The van der Waals surface area contributed by atoms with Crippen molar-refractivity contribution in [2.24, 2.45) is 0 Å². The molecule has 1 amide bonds. The summed E-state index contributed by atoms with van der Waals surface area (Å²) < 4.78 is 0. The van der Waals surface area contributed by atoms with Crippen molar-refractivity contribution < 1.29 is 4.79 Å². The van der Waals surface area contributed by atoms with Gasteiger partial charge in [-0.05, 0) is 36.8 Å². The molecular weight excluding hydrogens is 334 g/mol. The number of nitrogens with one attached hydrogen (secondary N) is 2. The standard InChI is InChI=1S/C20H18ClN3O/c1-14-6-8-15(9-7-14)12-22-16-10-11-19(23-13-16)24-20(25)17-4-2-3-5-18(17)21/h2-11,13,22H,12H2,1H3,(H,23,24,25). The number of carbonyl (C=O) groups excluding carboxylic acids is 1. The molecule has 1 aromatic heterocycles. The predicted molar refractivity (Wildman–Crippen MR) is 102 cm³/mol. The minimum Gasteiger partial charge on any atom is -0.380 e. The third-order valence-electron chi connectivity index (χ3n) is 3.74. The van der Waals surface area contributed by atoms with Crippen LogP contribution in [0.4, 0.5) is 11.5 Å². The molecule has 3 aromatic rings. The molecule has 0 aliphatic heterocycles. The van der Waals surface area contributed by atoms with Crippen LogP contribution in [0, 0.1) is 6.92 Å². The van der Waals surface area contributed by atoms with E-state index in [-0.39, 0.29) is 5.91 Å². The number of hydrogen-bond acceptors (Lipinski definition) is 3. The molecule has 25 heavy (non-hydrogen) atoms. The number of halogens is 1. The number of hydrogen-bond donors (Lipinski definition) is 2. The molecule has 0 bridgehead atoms. The fourth-order valence-electron chi connectivity index (χ4n) is 2.31. The normalized spacial score (nSPS) is 10.3. The van der Waals surface area contributed by atoms with Crippen LogP contribution in [-0.4, -0.2) is 10.9 Å². The maximum atomic E-state index is 12.2. The predicted octanol–water partition coefficient (Wildman–Crippen LogP) is 4.91. The second kappa shape index (κ2) is 7.81. The van der Waals surface area contributed by atoms with Crippen LogP contribution in [0.15, 0.2) is 66.9 Å². The average molecular weight is 352 g/mol. The van der Waals surface area contributed by atoms with Crippen LogP contribution in [0.5, 0.6) is 0 Å². The highest BCUT2D eigenvalue weighted by Crippen LogP contribution is 2.17. The Morgan fingerprint density at radius 2 is 1.80 bits per heavy atom. The van der Waals surface area contributed by atoms with Gasteiger partial charge in [0.1, 0.15) is 5.82 Å². The van der Waals surface area contributed by atoms with Gasteiger partial charge in [-0.2, -0.15) is 0 Å². The van der Waals surface area contributed by atoms with E-state index in [0.29, 0.717) is 22.9 Å². The van der Waals surface area contributed by atoms with Gasteiger partial charge in [0, 0.05) is 6.54 Å². The van der Waals surface area contributed by atoms with Gasteiger partial charge in [0.2, 0.25) is 0 Å². The lowest BCUT2D eigenvalue weighted by Crippen LogP contribution is -2.13. The zero-order valence-electron chi connectivity index (χ0n) is 13.8. The van der Waals surface area contributed by atoms with E-state index in [1.807, 2.05) is 6.07 Å². The fraction of sp³-hybridized carbons (Fsp3) is 0.100. The molecule has 2 aromatic carbocycles. The number of nitrogens with zero attached hydrogens (tertiary/aromatic N) is 1. The first-order valence-corrected chi connectivity index (χ1v) is 8.31. The second-order valence-electron chi connectivity index (χ2n) is 5.71. The summed E-state index contributed by atoms with van der Waals surface area (Å²) in [6, 6.07) is 18.9. The Morgan fingerprint density at radius 3 is 2.48 bits per heavy atom. The van der Waals surface area contributed by atoms with E-state index in [1.54, 1.807) is 36.5 Å². The number of benzene rings is 2. The van der Waals surface area contributed by atoms with Gasteiger partial charge in [0.05, 0.1) is 22.5 Å². The number of amides is 1. The van der Waals surface area contributed by atoms with Crippen molar-refractivity contribution in [3.8, 4) is 0 Å². The monoisotopic (exact) mass is 351 g/mol. The highest BCUT2D eigenvalue weighted by molar-refractivity contribution is 6.34. The summed E-state index contributed by atoms with van der Waals surface area (Å²) in [6.07, 6.45) is 1.69. The minimum absolute atomic E-state index is 0.279. The van der Waals surface area contributed by atoms with Crippen LogP contribution in [0.1, 0.15) is 21.5 Å². The molecule has 0 aliphatic carbocycles.